The molecule has 0 fully saturated rings. The Morgan fingerprint density at radius 3 is 2.54 bits per heavy atom. The van der Waals surface area contributed by atoms with Crippen LogP contribution < -0.4 is 10.2 Å². The fourth-order valence-electron chi connectivity index (χ4n) is 2.81. The third-order valence-corrected chi connectivity index (χ3v) is 4.04. The first-order valence-electron chi connectivity index (χ1n) is 8.50. The Labute approximate surface area is 152 Å². The first-order valence-corrected chi connectivity index (χ1v) is 8.50. The van der Waals surface area contributed by atoms with Crippen LogP contribution in [0.25, 0.3) is 0 Å². The summed E-state index contributed by atoms with van der Waals surface area (Å²) in [6, 6.07) is 19.7. The lowest BCUT2D eigenvalue weighted by molar-refractivity contribution is 0.340. The smallest absolute Gasteiger partial charge is 0.154 e. The fraction of sp³-hybridized carbons (Fsp3) is 0.0952. The van der Waals surface area contributed by atoms with Gasteiger partial charge in [-0.3, -0.25) is 10.4 Å². The second-order valence-electron chi connectivity index (χ2n) is 5.75. The molecule has 1 aliphatic rings. The van der Waals surface area contributed by atoms with Crippen LogP contribution in [0.5, 0.6) is 5.75 Å². The number of nitrogens with zero attached hydrogens (tertiary/aromatic N) is 3. The van der Waals surface area contributed by atoms with E-state index in [0.29, 0.717) is 12.4 Å². The average Bonchev–Trinajstić information content (AvgIpc) is 2.89. The van der Waals surface area contributed by atoms with Gasteiger partial charge in [-0.25, -0.2) is 4.99 Å². The summed E-state index contributed by atoms with van der Waals surface area (Å²) in [6.45, 7) is 2.61. The van der Waals surface area contributed by atoms with E-state index in [-0.39, 0.29) is 0 Å². The zero-order valence-corrected chi connectivity index (χ0v) is 14.4. The van der Waals surface area contributed by atoms with E-state index < -0.39 is 0 Å². The molecule has 0 saturated heterocycles. The molecule has 1 aliphatic heterocycles. The number of ether oxygens (including phenoxy) is 1. The maximum Gasteiger partial charge on any atom is 0.154 e. The molecule has 0 amide bonds. The number of hydrazone groups is 1. The Morgan fingerprint density at radius 1 is 0.923 bits per heavy atom. The molecule has 0 bridgehead atoms. The van der Waals surface area contributed by atoms with Crippen LogP contribution in [0, 0.1) is 0 Å². The van der Waals surface area contributed by atoms with Crippen molar-refractivity contribution >= 4 is 17.2 Å². The number of hydrogen-bond acceptors (Lipinski definition) is 5. The maximum absolute atomic E-state index is 5.51. The van der Waals surface area contributed by atoms with Gasteiger partial charge in [-0.05, 0) is 49.4 Å². The standard InChI is InChI=1S/C21H18N4O/c1-2-26-17-11-9-15(10-12-17)21-23-19-8-4-3-7-18(19)20(24-25-21)16-6-5-13-22-14-16/h3-14H,2H2,1H3,(H,23,25). The zero-order valence-electron chi connectivity index (χ0n) is 14.4. The fourth-order valence-corrected chi connectivity index (χ4v) is 2.81. The lowest BCUT2D eigenvalue weighted by Gasteiger charge is -2.07. The molecule has 2 heterocycles. The van der Waals surface area contributed by atoms with Gasteiger partial charge < -0.3 is 4.74 Å². The molecule has 0 aliphatic carbocycles. The minimum atomic E-state index is 0.644. The van der Waals surface area contributed by atoms with Crippen molar-refractivity contribution in [3.8, 4) is 5.75 Å². The number of nitrogens with one attached hydrogen (secondary N) is 1. The molecule has 2 aromatic carbocycles. The van der Waals surface area contributed by atoms with Gasteiger partial charge in [-0.1, -0.05) is 18.2 Å². The van der Waals surface area contributed by atoms with Crippen LogP contribution in [0.3, 0.4) is 0 Å². The van der Waals surface area contributed by atoms with E-state index in [9.17, 15) is 0 Å². The highest BCUT2D eigenvalue weighted by Gasteiger charge is 2.16. The molecule has 26 heavy (non-hydrogen) atoms. The van der Waals surface area contributed by atoms with E-state index in [4.69, 9.17) is 9.73 Å². The van der Waals surface area contributed by atoms with Gasteiger partial charge in [0.15, 0.2) is 5.84 Å². The molecule has 1 N–H and O–H groups in total. The number of amidine groups is 1. The summed E-state index contributed by atoms with van der Waals surface area (Å²) in [6.07, 6.45) is 3.56. The normalized spacial score (nSPS) is 13.0. The van der Waals surface area contributed by atoms with E-state index in [1.54, 1.807) is 12.4 Å². The van der Waals surface area contributed by atoms with E-state index >= 15 is 0 Å². The zero-order chi connectivity index (χ0) is 17.8. The third-order valence-electron chi connectivity index (χ3n) is 4.04. The van der Waals surface area contributed by atoms with E-state index in [1.165, 1.54) is 0 Å². The van der Waals surface area contributed by atoms with Crippen molar-refractivity contribution in [2.24, 2.45) is 10.1 Å². The highest BCUT2D eigenvalue weighted by atomic mass is 16.5. The maximum atomic E-state index is 5.51. The minimum absolute atomic E-state index is 0.644. The molecule has 0 spiro atoms. The van der Waals surface area contributed by atoms with Crippen LogP contribution in [0.1, 0.15) is 23.6 Å². The van der Waals surface area contributed by atoms with Crippen LogP contribution in [-0.2, 0) is 0 Å². The predicted octanol–water partition coefficient (Wildman–Crippen LogP) is 3.91. The van der Waals surface area contributed by atoms with Gasteiger partial charge in [0.1, 0.15) is 11.5 Å². The Hall–Kier alpha value is -3.47. The molecule has 0 radical (unpaired) electrons. The quantitative estimate of drug-likeness (QED) is 0.782. The number of para-hydroxylation sites is 1. The van der Waals surface area contributed by atoms with Crippen LogP contribution in [0.15, 0.2) is 83.2 Å². The molecular formula is C21H18N4O. The molecule has 1 aromatic heterocycles. The SMILES string of the molecule is CCOc1ccc(C2=Nc3ccccc3C(c3cccnc3)=NN2)cc1. The van der Waals surface area contributed by atoms with Crippen LogP contribution in [0.2, 0.25) is 0 Å². The average molecular weight is 342 g/mol. The second-order valence-corrected chi connectivity index (χ2v) is 5.75. The van der Waals surface area contributed by atoms with E-state index in [2.05, 4.69) is 15.5 Å². The van der Waals surface area contributed by atoms with Crippen LogP contribution in [0.4, 0.5) is 5.69 Å². The number of aliphatic imine (C=N–C) groups is 1. The number of rotatable bonds is 4. The van der Waals surface area contributed by atoms with Crippen molar-refractivity contribution in [2.75, 3.05) is 6.61 Å². The number of aromatic nitrogens is 1. The topological polar surface area (TPSA) is 58.9 Å². The Balaban J connectivity index is 1.76. The first kappa shape index (κ1) is 16.0. The summed E-state index contributed by atoms with van der Waals surface area (Å²) in [5.74, 6) is 1.53. The van der Waals surface area contributed by atoms with Gasteiger partial charge in [-0.15, -0.1) is 0 Å². The van der Waals surface area contributed by atoms with Gasteiger partial charge >= 0.3 is 0 Å². The molecule has 3 aromatic rings. The predicted molar refractivity (Wildman–Crippen MR) is 103 cm³/mol. The third kappa shape index (κ3) is 3.19. The second kappa shape index (κ2) is 7.19. The molecule has 5 nitrogen and oxygen atoms in total. The van der Waals surface area contributed by atoms with Crippen LogP contribution >= 0.6 is 0 Å². The first-order chi connectivity index (χ1) is 12.8. The molecule has 0 atom stereocenters. The lowest BCUT2D eigenvalue weighted by atomic mass is 10.0. The number of hydrogen-bond donors (Lipinski definition) is 1. The highest BCUT2D eigenvalue weighted by molar-refractivity contribution is 6.17. The lowest BCUT2D eigenvalue weighted by Crippen LogP contribution is -2.19. The van der Waals surface area contributed by atoms with Crippen molar-refractivity contribution in [3.05, 3.63) is 89.7 Å². The number of benzene rings is 2. The van der Waals surface area contributed by atoms with Gasteiger partial charge in [-0.2, -0.15) is 5.10 Å². The number of fused-ring (bicyclic) bond motifs is 1. The molecule has 0 saturated carbocycles. The van der Waals surface area contributed by atoms with Crippen molar-refractivity contribution in [1.29, 1.82) is 0 Å². The minimum Gasteiger partial charge on any atom is -0.494 e. The summed E-state index contributed by atoms with van der Waals surface area (Å²) in [5.41, 5.74) is 7.65. The summed E-state index contributed by atoms with van der Waals surface area (Å²) < 4.78 is 5.51. The highest BCUT2D eigenvalue weighted by Crippen LogP contribution is 2.25. The Kier molecular flexibility index (Phi) is 4.43. The van der Waals surface area contributed by atoms with Crippen LogP contribution in [-0.4, -0.2) is 23.1 Å². The molecule has 128 valence electrons. The molecular weight excluding hydrogens is 324 g/mol. The summed E-state index contributed by atoms with van der Waals surface area (Å²) >= 11 is 0. The van der Waals surface area contributed by atoms with Gasteiger partial charge in [0.25, 0.3) is 0 Å². The Bertz CT molecular complexity index is 963. The van der Waals surface area contributed by atoms with Gasteiger partial charge in [0.2, 0.25) is 0 Å². The summed E-state index contributed by atoms with van der Waals surface area (Å²) in [7, 11) is 0. The molecule has 5 heteroatoms. The van der Waals surface area contributed by atoms with Crippen molar-refractivity contribution in [1.82, 2.24) is 10.4 Å². The monoisotopic (exact) mass is 342 g/mol. The van der Waals surface area contributed by atoms with Crippen molar-refractivity contribution in [3.63, 3.8) is 0 Å². The van der Waals surface area contributed by atoms with Gasteiger partial charge in [0.05, 0.1) is 12.3 Å². The Morgan fingerprint density at radius 2 is 1.77 bits per heavy atom. The van der Waals surface area contributed by atoms with Gasteiger partial charge in [0, 0.05) is 29.1 Å². The summed E-state index contributed by atoms with van der Waals surface area (Å²) in [4.78, 5) is 9.00. The van der Waals surface area contributed by atoms with Crippen molar-refractivity contribution < 1.29 is 4.74 Å². The summed E-state index contributed by atoms with van der Waals surface area (Å²) in [5, 5.41) is 4.62. The number of pyridine rings is 1. The molecule has 0 unspecified atom stereocenters. The van der Waals surface area contributed by atoms with Crippen molar-refractivity contribution in [2.45, 2.75) is 6.92 Å². The largest absolute Gasteiger partial charge is 0.494 e. The molecule has 4 rings (SSSR count). The van der Waals surface area contributed by atoms with E-state index in [0.717, 1.165) is 33.8 Å². The van der Waals surface area contributed by atoms with E-state index in [1.807, 2.05) is 67.6 Å².